The SMILES string of the molecule is O=C(/C=C/c1ccc(Cn2cc(-c3ccc(F)cc3)nn2)cc1)NO. The first-order valence-corrected chi connectivity index (χ1v) is 7.51. The van der Waals surface area contributed by atoms with E-state index in [-0.39, 0.29) is 5.82 Å². The van der Waals surface area contributed by atoms with Crippen molar-refractivity contribution in [2.75, 3.05) is 0 Å². The van der Waals surface area contributed by atoms with Crippen LogP contribution >= 0.6 is 0 Å². The third-order valence-corrected chi connectivity index (χ3v) is 3.54. The second kappa shape index (κ2) is 7.50. The van der Waals surface area contributed by atoms with Crippen molar-refractivity contribution in [3.63, 3.8) is 0 Å². The first kappa shape index (κ1) is 16.5. The second-order valence-electron chi connectivity index (χ2n) is 5.36. The van der Waals surface area contributed by atoms with Crippen molar-refractivity contribution < 1.29 is 14.4 Å². The van der Waals surface area contributed by atoms with Gasteiger partial charge in [-0.15, -0.1) is 5.10 Å². The molecular weight excluding hydrogens is 323 g/mol. The minimum Gasteiger partial charge on any atom is -0.288 e. The van der Waals surface area contributed by atoms with E-state index in [0.29, 0.717) is 12.2 Å². The van der Waals surface area contributed by atoms with E-state index in [4.69, 9.17) is 5.21 Å². The van der Waals surface area contributed by atoms with Gasteiger partial charge in [0.1, 0.15) is 11.5 Å². The highest BCUT2D eigenvalue weighted by Gasteiger charge is 2.05. The summed E-state index contributed by atoms with van der Waals surface area (Å²) in [6.07, 6.45) is 4.63. The molecule has 1 aromatic heterocycles. The van der Waals surface area contributed by atoms with Gasteiger partial charge in [0.15, 0.2) is 0 Å². The van der Waals surface area contributed by atoms with E-state index in [1.165, 1.54) is 23.7 Å². The standard InChI is InChI=1S/C18H15FN4O2/c19-16-8-6-15(7-9-16)17-12-23(22-20-17)11-14-3-1-13(2-4-14)5-10-18(24)21-25/h1-10,12,25H,11H2,(H,21,24)/b10-5+. The van der Waals surface area contributed by atoms with Gasteiger partial charge in [-0.1, -0.05) is 29.5 Å². The predicted molar refractivity (Wildman–Crippen MR) is 89.9 cm³/mol. The lowest BCUT2D eigenvalue weighted by molar-refractivity contribution is -0.124. The Labute approximate surface area is 143 Å². The fraction of sp³-hybridized carbons (Fsp3) is 0.0556. The molecule has 7 heteroatoms. The molecule has 0 aliphatic heterocycles. The van der Waals surface area contributed by atoms with Gasteiger partial charge in [0, 0.05) is 11.6 Å². The molecule has 0 bridgehead atoms. The molecule has 1 heterocycles. The number of carbonyl (C=O) groups excluding carboxylic acids is 1. The molecule has 2 aromatic carbocycles. The van der Waals surface area contributed by atoms with Crippen molar-refractivity contribution >= 4 is 12.0 Å². The molecule has 25 heavy (non-hydrogen) atoms. The largest absolute Gasteiger partial charge is 0.288 e. The van der Waals surface area contributed by atoms with Gasteiger partial charge in [-0.2, -0.15) is 0 Å². The fourth-order valence-electron chi connectivity index (χ4n) is 2.26. The lowest BCUT2D eigenvalue weighted by Crippen LogP contribution is -2.14. The zero-order valence-electron chi connectivity index (χ0n) is 13.1. The molecule has 126 valence electrons. The second-order valence-corrected chi connectivity index (χ2v) is 5.36. The molecule has 0 fully saturated rings. The molecule has 0 saturated heterocycles. The van der Waals surface area contributed by atoms with Crippen LogP contribution in [0.3, 0.4) is 0 Å². The molecule has 0 saturated carbocycles. The Morgan fingerprint density at radius 2 is 1.88 bits per heavy atom. The zero-order valence-corrected chi connectivity index (χ0v) is 13.1. The maximum absolute atomic E-state index is 13.0. The van der Waals surface area contributed by atoms with E-state index in [0.717, 1.165) is 16.7 Å². The highest BCUT2D eigenvalue weighted by molar-refractivity contribution is 5.90. The number of amides is 1. The lowest BCUT2D eigenvalue weighted by atomic mass is 10.1. The summed E-state index contributed by atoms with van der Waals surface area (Å²) in [6, 6.07) is 13.6. The van der Waals surface area contributed by atoms with Crippen molar-refractivity contribution in [3.05, 3.63) is 77.7 Å². The average Bonchev–Trinajstić information content (AvgIpc) is 3.10. The summed E-state index contributed by atoms with van der Waals surface area (Å²) in [4.78, 5) is 10.9. The Hall–Kier alpha value is -3.32. The van der Waals surface area contributed by atoms with E-state index in [1.807, 2.05) is 24.3 Å². The number of benzene rings is 2. The molecule has 0 atom stereocenters. The molecule has 6 nitrogen and oxygen atoms in total. The van der Waals surface area contributed by atoms with E-state index >= 15 is 0 Å². The Morgan fingerprint density at radius 3 is 2.56 bits per heavy atom. The van der Waals surface area contributed by atoms with Gasteiger partial charge in [-0.25, -0.2) is 14.6 Å². The summed E-state index contributed by atoms with van der Waals surface area (Å²) < 4.78 is 14.7. The van der Waals surface area contributed by atoms with Crippen LogP contribution in [0, 0.1) is 5.82 Å². The summed E-state index contributed by atoms with van der Waals surface area (Å²) in [7, 11) is 0. The monoisotopic (exact) mass is 338 g/mol. The van der Waals surface area contributed by atoms with E-state index in [2.05, 4.69) is 10.3 Å². The smallest absolute Gasteiger partial charge is 0.267 e. The third kappa shape index (κ3) is 4.36. The molecule has 0 spiro atoms. The number of hydrogen-bond acceptors (Lipinski definition) is 4. The van der Waals surface area contributed by atoms with Crippen LogP contribution in [-0.2, 0) is 11.3 Å². The van der Waals surface area contributed by atoms with Gasteiger partial charge >= 0.3 is 0 Å². The highest BCUT2D eigenvalue weighted by atomic mass is 19.1. The molecule has 0 aliphatic rings. The van der Waals surface area contributed by atoms with Crippen LogP contribution in [0.2, 0.25) is 0 Å². The van der Waals surface area contributed by atoms with Crippen molar-refractivity contribution in [3.8, 4) is 11.3 Å². The number of hydrogen-bond donors (Lipinski definition) is 2. The quantitative estimate of drug-likeness (QED) is 0.426. The lowest BCUT2D eigenvalue weighted by Gasteiger charge is -2.01. The first-order valence-electron chi connectivity index (χ1n) is 7.51. The van der Waals surface area contributed by atoms with Crippen molar-refractivity contribution in [1.82, 2.24) is 20.5 Å². The molecule has 0 radical (unpaired) electrons. The van der Waals surface area contributed by atoms with Crippen molar-refractivity contribution in [2.24, 2.45) is 0 Å². The first-order chi connectivity index (χ1) is 12.1. The van der Waals surface area contributed by atoms with Crippen LogP contribution in [-0.4, -0.2) is 26.1 Å². The molecule has 0 aliphatic carbocycles. The summed E-state index contributed by atoms with van der Waals surface area (Å²) in [5.74, 6) is -0.873. The number of carbonyl (C=O) groups is 1. The van der Waals surface area contributed by atoms with Crippen LogP contribution in [0.5, 0.6) is 0 Å². The van der Waals surface area contributed by atoms with Gasteiger partial charge in [-0.3, -0.25) is 10.0 Å². The number of nitrogens with zero attached hydrogens (tertiary/aromatic N) is 3. The van der Waals surface area contributed by atoms with Crippen LogP contribution in [0.1, 0.15) is 11.1 Å². The molecule has 3 rings (SSSR count). The maximum atomic E-state index is 13.0. The summed E-state index contributed by atoms with van der Waals surface area (Å²) >= 11 is 0. The molecule has 1 amide bonds. The number of aromatic nitrogens is 3. The summed E-state index contributed by atoms with van der Waals surface area (Å²) in [5.41, 5.74) is 4.85. The predicted octanol–water partition coefficient (Wildman–Crippen LogP) is 2.65. The summed E-state index contributed by atoms with van der Waals surface area (Å²) in [5, 5.41) is 16.6. The molecule has 2 N–H and O–H groups in total. The topological polar surface area (TPSA) is 80.0 Å². The highest BCUT2D eigenvalue weighted by Crippen LogP contribution is 2.17. The van der Waals surface area contributed by atoms with Crippen LogP contribution in [0.4, 0.5) is 4.39 Å². The van der Waals surface area contributed by atoms with Gasteiger partial charge in [0.25, 0.3) is 5.91 Å². The molecule has 0 unspecified atom stereocenters. The zero-order chi connectivity index (χ0) is 17.6. The van der Waals surface area contributed by atoms with E-state index in [1.54, 1.807) is 29.1 Å². The van der Waals surface area contributed by atoms with Crippen molar-refractivity contribution in [2.45, 2.75) is 6.54 Å². The molecular formula is C18H15FN4O2. The fourth-order valence-corrected chi connectivity index (χ4v) is 2.26. The van der Waals surface area contributed by atoms with Gasteiger partial charge in [-0.05, 0) is 41.5 Å². The van der Waals surface area contributed by atoms with E-state index in [9.17, 15) is 9.18 Å². The molecule has 3 aromatic rings. The normalized spacial score (nSPS) is 11.0. The van der Waals surface area contributed by atoms with Crippen LogP contribution < -0.4 is 5.48 Å². The average molecular weight is 338 g/mol. The Morgan fingerprint density at radius 1 is 1.16 bits per heavy atom. The number of hydroxylamine groups is 1. The van der Waals surface area contributed by atoms with Gasteiger partial charge in [0.2, 0.25) is 0 Å². The summed E-state index contributed by atoms with van der Waals surface area (Å²) in [6.45, 7) is 0.537. The van der Waals surface area contributed by atoms with Crippen LogP contribution in [0.15, 0.2) is 60.8 Å². The minimum absolute atomic E-state index is 0.290. The number of halogens is 1. The Kier molecular flexibility index (Phi) is 4.96. The Bertz CT molecular complexity index is 886. The van der Waals surface area contributed by atoms with Gasteiger partial charge < -0.3 is 0 Å². The van der Waals surface area contributed by atoms with E-state index < -0.39 is 5.91 Å². The number of nitrogens with one attached hydrogen (secondary N) is 1. The third-order valence-electron chi connectivity index (χ3n) is 3.54. The maximum Gasteiger partial charge on any atom is 0.267 e. The minimum atomic E-state index is -0.583. The van der Waals surface area contributed by atoms with Gasteiger partial charge in [0.05, 0.1) is 12.7 Å². The Balaban J connectivity index is 1.67. The van der Waals surface area contributed by atoms with Crippen molar-refractivity contribution in [1.29, 1.82) is 0 Å². The number of rotatable bonds is 5. The van der Waals surface area contributed by atoms with Crippen LogP contribution in [0.25, 0.3) is 17.3 Å².